The molecule has 1 aliphatic rings. The third-order valence-corrected chi connectivity index (χ3v) is 5.41. The lowest BCUT2D eigenvalue weighted by Gasteiger charge is -2.26. The highest BCUT2D eigenvalue weighted by Crippen LogP contribution is 2.44. The van der Waals surface area contributed by atoms with Crippen molar-refractivity contribution in [2.45, 2.75) is 5.92 Å². The standard InChI is InChI=1S/C19H11ClN2O2S/c20-11-7-5-10(6-8-11)15-13(9-21)18(22)24-17-12-3-1-2-4-14(12)25-19(23)16(15)17/h1-8,15H,22H2/t15-/m0/s1. The van der Waals surface area contributed by atoms with Crippen molar-refractivity contribution in [2.75, 3.05) is 0 Å². The molecule has 3 aromatic rings. The van der Waals surface area contributed by atoms with Crippen LogP contribution in [0, 0.1) is 11.3 Å². The van der Waals surface area contributed by atoms with Crippen LogP contribution >= 0.6 is 22.9 Å². The van der Waals surface area contributed by atoms with E-state index in [2.05, 4.69) is 6.07 Å². The Bertz CT molecular complexity index is 1130. The van der Waals surface area contributed by atoms with Crippen LogP contribution in [0.25, 0.3) is 10.1 Å². The van der Waals surface area contributed by atoms with Gasteiger partial charge in [0.1, 0.15) is 17.4 Å². The topological polar surface area (TPSA) is 76.1 Å². The first kappa shape index (κ1) is 15.7. The van der Waals surface area contributed by atoms with Crippen molar-refractivity contribution in [3.63, 3.8) is 0 Å². The minimum atomic E-state index is -0.570. The quantitative estimate of drug-likeness (QED) is 0.702. The zero-order chi connectivity index (χ0) is 17.6. The summed E-state index contributed by atoms with van der Waals surface area (Å²) >= 11 is 7.11. The van der Waals surface area contributed by atoms with E-state index >= 15 is 0 Å². The lowest BCUT2D eigenvalue weighted by atomic mass is 9.84. The largest absolute Gasteiger partial charge is 0.439 e. The van der Waals surface area contributed by atoms with Crippen LogP contribution in [0.3, 0.4) is 0 Å². The maximum absolute atomic E-state index is 12.8. The molecular weight excluding hydrogens is 356 g/mol. The SMILES string of the molecule is N#CC1=C(N)Oc2c(c(=O)sc3ccccc23)[C@H]1c1ccc(Cl)cc1. The van der Waals surface area contributed by atoms with Crippen LogP contribution < -0.4 is 15.2 Å². The highest BCUT2D eigenvalue weighted by atomic mass is 35.5. The molecule has 1 aliphatic heterocycles. The number of nitrogens with two attached hydrogens (primary N) is 1. The molecule has 0 amide bonds. The summed E-state index contributed by atoms with van der Waals surface area (Å²) in [6.45, 7) is 0. The van der Waals surface area contributed by atoms with Gasteiger partial charge < -0.3 is 10.5 Å². The Labute approximate surface area is 152 Å². The van der Waals surface area contributed by atoms with Gasteiger partial charge in [-0.1, -0.05) is 47.2 Å². The van der Waals surface area contributed by atoms with Gasteiger partial charge in [0.05, 0.1) is 11.5 Å². The van der Waals surface area contributed by atoms with E-state index in [0.717, 1.165) is 27.0 Å². The number of halogens is 1. The molecule has 1 aromatic heterocycles. The van der Waals surface area contributed by atoms with Crippen LogP contribution in [0.15, 0.2) is 64.8 Å². The van der Waals surface area contributed by atoms with E-state index < -0.39 is 5.92 Å². The van der Waals surface area contributed by atoms with Crippen LogP contribution in [-0.2, 0) is 0 Å². The molecule has 25 heavy (non-hydrogen) atoms. The second-order valence-electron chi connectivity index (χ2n) is 5.60. The van der Waals surface area contributed by atoms with Gasteiger partial charge in [0.2, 0.25) is 10.6 Å². The van der Waals surface area contributed by atoms with E-state index in [-0.39, 0.29) is 16.2 Å². The van der Waals surface area contributed by atoms with Crippen molar-refractivity contribution in [2.24, 2.45) is 5.73 Å². The van der Waals surface area contributed by atoms with Gasteiger partial charge in [-0.15, -0.1) is 0 Å². The normalized spacial score (nSPS) is 16.2. The molecule has 4 nitrogen and oxygen atoms in total. The Morgan fingerprint density at radius 2 is 1.88 bits per heavy atom. The van der Waals surface area contributed by atoms with Crippen LogP contribution in [0.1, 0.15) is 17.0 Å². The van der Waals surface area contributed by atoms with E-state index in [1.54, 1.807) is 24.3 Å². The predicted molar refractivity (Wildman–Crippen MR) is 98.8 cm³/mol. The number of hydrogen-bond donors (Lipinski definition) is 1. The Morgan fingerprint density at radius 3 is 2.60 bits per heavy atom. The Hall–Kier alpha value is -2.81. The van der Waals surface area contributed by atoms with E-state index in [9.17, 15) is 10.1 Å². The van der Waals surface area contributed by atoms with Gasteiger partial charge in [-0.2, -0.15) is 5.26 Å². The Kier molecular flexibility index (Phi) is 3.72. The Morgan fingerprint density at radius 1 is 1.16 bits per heavy atom. The monoisotopic (exact) mass is 366 g/mol. The molecule has 0 aliphatic carbocycles. The van der Waals surface area contributed by atoms with Crippen LogP contribution in [-0.4, -0.2) is 0 Å². The van der Waals surface area contributed by atoms with E-state index in [0.29, 0.717) is 16.3 Å². The molecule has 0 saturated carbocycles. The highest BCUT2D eigenvalue weighted by Gasteiger charge is 2.34. The zero-order valence-corrected chi connectivity index (χ0v) is 14.4. The fraction of sp³-hybridized carbons (Fsp3) is 0.0526. The fourth-order valence-electron chi connectivity index (χ4n) is 3.05. The summed E-state index contributed by atoms with van der Waals surface area (Å²) in [6, 6.07) is 16.6. The maximum atomic E-state index is 12.8. The van der Waals surface area contributed by atoms with Gasteiger partial charge in [0.25, 0.3) is 0 Å². The van der Waals surface area contributed by atoms with Gasteiger partial charge >= 0.3 is 0 Å². The summed E-state index contributed by atoms with van der Waals surface area (Å²) in [4.78, 5) is 12.8. The lowest BCUT2D eigenvalue weighted by molar-refractivity contribution is 0.398. The number of allylic oxidation sites excluding steroid dienone is 1. The van der Waals surface area contributed by atoms with E-state index in [4.69, 9.17) is 22.1 Å². The van der Waals surface area contributed by atoms with Crippen molar-refractivity contribution in [1.82, 2.24) is 0 Å². The summed E-state index contributed by atoms with van der Waals surface area (Å²) < 4.78 is 6.39. The average Bonchev–Trinajstić information content (AvgIpc) is 2.61. The minimum absolute atomic E-state index is 0.0238. The molecule has 2 aromatic carbocycles. The molecule has 0 unspecified atom stereocenters. The van der Waals surface area contributed by atoms with Crippen molar-refractivity contribution >= 4 is 33.0 Å². The van der Waals surface area contributed by atoms with Crippen LogP contribution in [0.4, 0.5) is 0 Å². The Balaban J connectivity index is 2.08. The maximum Gasteiger partial charge on any atom is 0.240 e. The first-order valence-electron chi connectivity index (χ1n) is 7.49. The minimum Gasteiger partial charge on any atom is -0.439 e. The predicted octanol–water partition coefficient (Wildman–Crippen LogP) is 4.13. The third kappa shape index (κ3) is 2.47. The average molecular weight is 367 g/mol. The summed E-state index contributed by atoms with van der Waals surface area (Å²) in [7, 11) is 0. The second-order valence-corrected chi connectivity index (χ2v) is 7.06. The molecule has 0 spiro atoms. The molecule has 0 fully saturated rings. The van der Waals surface area contributed by atoms with E-state index in [1.807, 2.05) is 24.3 Å². The number of nitriles is 1. The molecule has 0 saturated heterocycles. The lowest BCUT2D eigenvalue weighted by Crippen LogP contribution is -2.25. The number of hydrogen-bond acceptors (Lipinski definition) is 5. The molecule has 0 radical (unpaired) electrons. The molecule has 2 heterocycles. The van der Waals surface area contributed by atoms with Crippen molar-refractivity contribution in [1.29, 1.82) is 5.26 Å². The number of fused-ring (bicyclic) bond motifs is 3. The molecule has 1 atom stereocenters. The van der Waals surface area contributed by atoms with Crippen molar-refractivity contribution < 1.29 is 4.74 Å². The van der Waals surface area contributed by atoms with Gasteiger partial charge in [-0.05, 0) is 29.8 Å². The summed E-state index contributed by atoms with van der Waals surface area (Å²) in [5, 5.41) is 11.0. The van der Waals surface area contributed by atoms with Crippen LogP contribution in [0.2, 0.25) is 5.02 Å². The summed E-state index contributed by atoms with van der Waals surface area (Å²) in [5.74, 6) is -0.120. The number of rotatable bonds is 1. The van der Waals surface area contributed by atoms with Crippen molar-refractivity contribution in [3.05, 3.63) is 85.7 Å². The van der Waals surface area contributed by atoms with Crippen molar-refractivity contribution in [3.8, 4) is 11.8 Å². The molecule has 122 valence electrons. The molecule has 6 heteroatoms. The second kappa shape index (κ2) is 5.92. The molecular formula is C19H11ClN2O2S. The van der Waals surface area contributed by atoms with E-state index in [1.165, 1.54) is 0 Å². The van der Waals surface area contributed by atoms with Gasteiger partial charge in [-0.3, -0.25) is 4.79 Å². The summed E-state index contributed by atoms with van der Waals surface area (Å²) in [5.41, 5.74) is 7.46. The zero-order valence-electron chi connectivity index (χ0n) is 12.8. The molecule has 0 bridgehead atoms. The highest BCUT2D eigenvalue weighted by molar-refractivity contribution is 7.16. The third-order valence-electron chi connectivity index (χ3n) is 4.18. The molecule has 4 rings (SSSR count). The fourth-order valence-corrected chi connectivity index (χ4v) is 4.12. The molecule has 2 N–H and O–H groups in total. The first-order chi connectivity index (χ1) is 12.1. The first-order valence-corrected chi connectivity index (χ1v) is 8.68. The van der Waals surface area contributed by atoms with Gasteiger partial charge in [0.15, 0.2) is 0 Å². The number of benzene rings is 2. The number of nitrogens with zero attached hydrogens (tertiary/aromatic N) is 1. The smallest absolute Gasteiger partial charge is 0.240 e. The summed E-state index contributed by atoms with van der Waals surface area (Å²) in [6.07, 6.45) is 0. The van der Waals surface area contributed by atoms with Gasteiger partial charge in [0, 0.05) is 15.1 Å². The van der Waals surface area contributed by atoms with Crippen LogP contribution in [0.5, 0.6) is 5.75 Å². The number of ether oxygens (including phenoxy) is 1. The van der Waals surface area contributed by atoms with Gasteiger partial charge in [-0.25, -0.2) is 0 Å².